The van der Waals surface area contributed by atoms with Crippen LogP contribution in [0.25, 0.3) is 0 Å². The van der Waals surface area contributed by atoms with Crippen LogP contribution in [0.2, 0.25) is 0 Å². The van der Waals surface area contributed by atoms with Crippen LogP contribution in [0, 0.1) is 11.7 Å². The summed E-state index contributed by atoms with van der Waals surface area (Å²) in [7, 11) is -1.69. The predicted molar refractivity (Wildman–Crippen MR) is 81.6 cm³/mol. The number of carbonyl (C=O) groups is 1. The quantitative estimate of drug-likeness (QED) is 0.743. The normalized spacial score (nSPS) is 13.0. The predicted octanol–water partition coefficient (Wildman–Crippen LogP) is 2.07. The Morgan fingerprint density at radius 3 is 2.36 bits per heavy atom. The minimum atomic E-state index is -4.08. The Morgan fingerprint density at radius 1 is 1.32 bits per heavy atom. The number of halogens is 2. The summed E-state index contributed by atoms with van der Waals surface area (Å²) in [6.07, 6.45) is 0. The van der Waals surface area contributed by atoms with Crippen molar-refractivity contribution in [1.82, 2.24) is 4.72 Å². The van der Waals surface area contributed by atoms with Gasteiger partial charge in [0.2, 0.25) is 10.0 Å². The summed E-state index contributed by atoms with van der Waals surface area (Å²) in [5, 5.41) is 0. The van der Waals surface area contributed by atoms with E-state index in [2.05, 4.69) is 25.4 Å². The Morgan fingerprint density at radius 2 is 1.91 bits per heavy atom. The van der Waals surface area contributed by atoms with E-state index in [9.17, 15) is 17.6 Å². The van der Waals surface area contributed by atoms with E-state index in [1.54, 1.807) is 13.8 Å². The second-order valence-electron chi connectivity index (χ2n) is 4.78. The molecule has 0 radical (unpaired) electrons. The van der Waals surface area contributed by atoms with Crippen LogP contribution in [0.4, 0.5) is 4.39 Å². The van der Waals surface area contributed by atoms with Crippen molar-refractivity contribution in [3.05, 3.63) is 22.4 Å². The van der Waals surface area contributed by atoms with Crippen molar-refractivity contribution in [2.45, 2.75) is 24.8 Å². The average molecular weight is 398 g/mol. The van der Waals surface area contributed by atoms with Crippen molar-refractivity contribution in [2.75, 3.05) is 14.2 Å². The third-order valence-electron chi connectivity index (χ3n) is 2.90. The average Bonchev–Trinajstić information content (AvgIpc) is 2.43. The fourth-order valence-electron chi connectivity index (χ4n) is 1.69. The third-order valence-corrected chi connectivity index (χ3v) is 5.30. The lowest BCUT2D eigenvalue weighted by molar-refractivity contribution is -0.143. The second-order valence-corrected chi connectivity index (χ2v) is 7.32. The molecule has 1 atom stereocenters. The zero-order valence-electron chi connectivity index (χ0n) is 12.5. The Labute approximate surface area is 137 Å². The molecular formula is C13H17BrFNO5S. The molecule has 22 heavy (non-hydrogen) atoms. The fourth-order valence-corrected chi connectivity index (χ4v) is 4.05. The number of ether oxygens (including phenoxy) is 2. The number of rotatable bonds is 6. The van der Waals surface area contributed by atoms with E-state index < -0.39 is 27.9 Å². The third kappa shape index (κ3) is 4.17. The Hall–Kier alpha value is -1.19. The van der Waals surface area contributed by atoms with Gasteiger partial charge < -0.3 is 9.47 Å². The highest BCUT2D eigenvalue weighted by atomic mass is 79.9. The molecule has 1 aromatic rings. The van der Waals surface area contributed by atoms with E-state index in [0.717, 1.165) is 12.1 Å². The topological polar surface area (TPSA) is 81.7 Å². The van der Waals surface area contributed by atoms with Crippen LogP contribution in [0.15, 0.2) is 21.5 Å². The van der Waals surface area contributed by atoms with Gasteiger partial charge in [0.25, 0.3) is 0 Å². The van der Waals surface area contributed by atoms with Crippen LogP contribution in [-0.2, 0) is 19.6 Å². The summed E-state index contributed by atoms with van der Waals surface area (Å²) in [5.74, 6) is -1.96. The minimum absolute atomic E-state index is 0.0191. The fraction of sp³-hybridized carbons (Fsp3) is 0.462. The van der Waals surface area contributed by atoms with Crippen LogP contribution in [-0.4, -0.2) is 34.6 Å². The molecule has 1 rings (SSSR count). The van der Waals surface area contributed by atoms with Gasteiger partial charge in [-0.25, -0.2) is 12.8 Å². The molecule has 0 amide bonds. The first kappa shape index (κ1) is 18.9. The number of hydrogen-bond donors (Lipinski definition) is 1. The number of benzene rings is 1. The molecular weight excluding hydrogens is 381 g/mol. The largest absolute Gasteiger partial charge is 0.494 e. The molecule has 6 nitrogen and oxygen atoms in total. The summed E-state index contributed by atoms with van der Waals surface area (Å²) >= 11 is 3.00. The monoisotopic (exact) mass is 397 g/mol. The molecule has 0 heterocycles. The molecule has 9 heteroatoms. The van der Waals surface area contributed by atoms with Crippen molar-refractivity contribution in [2.24, 2.45) is 5.92 Å². The van der Waals surface area contributed by atoms with Crippen LogP contribution < -0.4 is 9.46 Å². The summed E-state index contributed by atoms with van der Waals surface area (Å²) in [6, 6.07) is 0.963. The second kappa shape index (κ2) is 7.38. The van der Waals surface area contributed by atoms with Crippen LogP contribution in [0.1, 0.15) is 13.8 Å². The maximum Gasteiger partial charge on any atom is 0.324 e. The van der Waals surface area contributed by atoms with Gasteiger partial charge in [0.05, 0.1) is 14.2 Å². The Bertz CT molecular complexity index is 663. The number of nitrogens with one attached hydrogen (secondary N) is 1. The molecule has 124 valence electrons. The molecule has 0 fully saturated rings. The van der Waals surface area contributed by atoms with E-state index in [-0.39, 0.29) is 21.0 Å². The number of esters is 1. The van der Waals surface area contributed by atoms with E-state index in [1.807, 2.05) is 0 Å². The van der Waals surface area contributed by atoms with Crippen molar-refractivity contribution in [3.8, 4) is 5.75 Å². The van der Waals surface area contributed by atoms with Gasteiger partial charge >= 0.3 is 5.97 Å². The molecule has 0 aliphatic rings. The van der Waals surface area contributed by atoms with Crippen LogP contribution >= 0.6 is 15.9 Å². The summed E-state index contributed by atoms with van der Waals surface area (Å²) in [4.78, 5) is 11.4. The van der Waals surface area contributed by atoms with Crippen LogP contribution in [0.3, 0.4) is 0 Å². The first-order chi connectivity index (χ1) is 10.1. The van der Waals surface area contributed by atoms with Gasteiger partial charge in [0.15, 0.2) is 11.6 Å². The molecule has 0 aliphatic carbocycles. The summed E-state index contributed by atoms with van der Waals surface area (Å²) in [6.45, 7) is 3.34. The van der Waals surface area contributed by atoms with E-state index in [4.69, 9.17) is 4.74 Å². The number of methoxy groups -OCH3 is 2. The van der Waals surface area contributed by atoms with E-state index in [1.165, 1.54) is 14.2 Å². The molecule has 0 aliphatic heterocycles. The molecule has 0 unspecified atom stereocenters. The van der Waals surface area contributed by atoms with Crippen molar-refractivity contribution in [1.29, 1.82) is 0 Å². The number of carbonyl (C=O) groups excluding carboxylic acids is 1. The van der Waals surface area contributed by atoms with Crippen molar-refractivity contribution < 1.29 is 27.1 Å². The molecule has 1 N–H and O–H groups in total. The highest BCUT2D eigenvalue weighted by Crippen LogP contribution is 2.29. The maximum absolute atomic E-state index is 13.5. The highest BCUT2D eigenvalue weighted by molar-refractivity contribution is 9.10. The lowest BCUT2D eigenvalue weighted by Gasteiger charge is -2.20. The van der Waals surface area contributed by atoms with E-state index in [0.29, 0.717) is 0 Å². The SMILES string of the molecule is COC(=O)[C@H](NS(=O)(=O)c1cc(OC)c(F)cc1Br)C(C)C. The van der Waals surface area contributed by atoms with Crippen LogP contribution in [0.5, 0.6) is 5.75 Å². The zero-order chi connectivity index (χ0) is 17.1. The van der Waals surface area contributed by atoms with Gasteiger partial charge in [-0.05, 0) is 27.9 Å². The molecule has 0 spiro atoms. The maximum atomic E-state index is 13.5. The first-order valence-corrected chi connectivity index (χ1v) is 8.54. The van der Waals surface area contributed by atoms with Gasteiger partial charge in [-0.1, -0.05) is 13.8 Å². The minimum Gasteiger partial charge on any atom is -0.494 e. The first-order valence-electron chi connectivity index (χ1n) is 6.27. The lowest BCUT2D eigenvalue weighted by Crippen LogP contribution is -2.45. The van der Waals surface area contributed by atoms with Gasteiger partial charge in [0, 0.05) is 10.5 Å². The standard InChI is InChI=1S/C13H17BrFNO5S/c1-7(2)12(13(17)21-4)16-22(18,19)11-6-10(20-3)9(15)5-8(11)14/h5-7,12,16H,1-4H3/t12-/m1/s1. The van der Waals surface area contributed by atoms with Crippen molar-refractivity contribution >= 4 is 31.9 Å². The summed E-state index contributed by atoms with van der Waals surface area (Å²) < 4.78 is 50.1. The van der Waals surface area contributed by atoms with Gasteiger partial charge in [-0.3, -0.25) is 4.79 Å². The molecule has 0 saturated heterocycles. The zero-order valence-corrected chi connectivity index (χ0v) is 14.9. The Balaban J connectivity index is 3.27. The van der Waals surface area contributed by atoms with Crippen molar-refractivity contribution in [3.63, 3.8) is 0 Å². The molecule has 0 saturated carbocycles. The van der Waals surface area contributed by atoms with E-state index >= 15 is 0 Å². The summed E-state index contributed by atoms with van der Waals surface area (Å²) in [5.41, 5.74) is 0. The van der Waals surface area contributed by atoms with Gasteiger partial charge in [-0.15, -0.1) is 0 Å². The lowest BCUT2D eigenvalue weighted by atomic mass is 10.1. The number of hydrogen-bond acceptors (Lipinski definition) is 5. The highest BCUT2D eigenvalue weighted by Gasteiger charge is 2.30. The molecule has 0 bridgehead atoms. The molecule has 0 aromatic heterocycles. The van der Waals surface area contributed by atoms with Gasteiger partial charge in [0.1, 0.15) is 10.9 Å². The smallest absolute Gasteiger partial charge is 0.324 e. The Kier molecular flexibility index (Phi) is 6.33. The van der Waals surface area contributed by atoms with Gasteiger partial charge in [-0.2, -0.15) is 4.72 Å². The number of sulfonamides is 1. The molecule has 1 aromatic carbocycles.